The van der Waals surface area contributed by atoms with Crippen LogP contribution < -0.4 is 28.4 Å². The quantitative estimate of drug-likeness (QED) is 0.0321. The molecule has 0 radical (unpaired) electrons. The number of para-hydroxylation sites is 6. The summed E-state index contributed by atoms with van der Waals surface area (Å²) in [4.78, 5) is 35.6. The maximum atomic E-state index is 14.4. The molecule has 0 fully saturated rings. The van der Waals surface area contributed by atoms with E-state index in [1.807, 2.05) is 12.1 Å². The number of carbonyl (C=O) groups is 3. The Morgan fingerprint density at radius 2 is 0.824 bits per heavy atom. The summed E-state index contributed by atoms with van der Waals surface area (Å²) in [5.74, 6) is -2.21. The standard InChI is InChI=1S/C18H14Cl3FO4.C17H14ClFO5.C13H9BrClFO2/c1-3-25-18(23)16(17(20)21)10-8-15(11(19)9-12(10)22)26-14-7-5-4-6-13(14)24-2;1-3-23-17(21)16(20)10-8-15(11(18)9-12(10)19)24-14-7-5-4-6-13(14)22-2;1-17-11-4-2-3-5-12(11)18-13-6-8(14)10(16)7-9(13)15/h4-9H,3H2,1-2H3;4-9H,3H2,1-2H3;2-7H,1H3. The molecule has 11 nitrogen and oxygen atoms in total. The maximum absolute atomic E-state index is 14.4. The Bertz CT molecular complexity index is 2790. The van der Waals surface area contributed by atoms with E-state index in [0.717, 1.165) is 18.2 Å². The molecule has 0 N–H and O–H groups in total. The van der Waals surface area contributed by atoms with Gasteiger partial charge in [0.05, 0.1) is 59.6 Å². The second-order valence-electron chi connectivity index (χ2n) is 12.9. The fraction of sp³-hybridized carbons (Fsp3) is 0.146. The predicted molar refractivity (Wildman–Crippen MR) is 257 cm³/mol. The minimum Gasteiger partial charge on any atom is -0.493 e. The van der Waals surface area contributed by atoms with Crippen molar-refractivity contribution in [1.29, 1.82) is 0 Å². The molecule has 20 heteroatoms. The third-order valence-corrected chi connectivity index (χ3v) is 10.4. The number of hydrogen-bond donors (Lipinski definition) is 0. The third-order valence-electron chi connectivity index (χ3n) is 8.53. The number of carbonyl (C=O) groups excluding carboxylic acids is 3. The van der Waals surface area contributed by atoms with Gasteiger partial charge in [-0.1, -0.05) is 94.4 Å². The number of ketones is 1. The molecule has 0 saturated heterocycles. The molecular formula is C48H37BrCl5F3O11. The lowest BCUT2D eigenvalue weighted by molar-refractivity contribution is -0.137. The molecule has 0 amide bonds. The number of Topliss-reactive ketones (excluding diaryl/α,β-unsaturated/α-hetero) is 1. The van der Waals surface area contributed by atoms with Crippen LogP contribution in [0, 0.1) is 17.5 Å². The fourth-order valence-electron chi connectivity index (χ4n) is 5.43. The normalized spacial score (nSPS) is 10.2. The molecule has 0 bridgehead atoms. The topological polar surface area (TPSA) is 125 Å². The third kappa shape index (κ3) is 14.8. The van der Waals surface area contributed by atoms with Crippen molar-refractivity contribution < 1.29 is 65.4 Å². The highest BCUT2D eigenvalue weighted by Crippen LogP contribution is 2.41. The zero-order valence-corrected chi connectivity index (χ0v) is 41.6. The first kappa shape index (κ1) is 54.8. The summed E-state index contributed by atoms with van der Waals surface area (Å²) in [7, 11) is 4.49. The number of esters is 2. The molecule has 6 aromatic rings. The van der Waals surface area contributed by atoms with Crippen molar-refractivity contribution in [3.63, 3.8) is 0 Å². The van der Waals surface area contributed by atoms with Gasteiger partial charge in [0.2, 0.25) is 0 Å². The van der Waals surface area contributed by atoms with Gasteiger partial charge in [-0.05, 0) is 103 Å². The first-order chi connectivity index (χ1) is 32.5. The number of hydrogen-bond acceptors (Lipinski definition) is 11. The summed E-state index contributed by atoms with van der Waals surface area (Å²) in [6, 6.07) is 27.6. The molecule has 0 aliphatic heterocycles. The van der Waals surface area contributed by atoms with E-state index in [1.54, 1.807) is 81.6 Å². The van der Waals surface area contributed by atoms with Crippen LogP contribution in [-0.2, 0) is 19.1 Å². The Morgan fingerprint density at radius 1 is 0.485 bits per heavy atom. The molecule has 6 rings (SSSR count). The Hall–Kier alpha value is -5.81. The molecule has 358 valence electrons. The highest BCUT2D eigenvalue weighted by Gasteiger charge is 2.25. The Kier molecular flexibility index (Phi) is 21.5. The summed E-state index contributed by atoms with van der Waals surface area (Å²) >= 11 is 32.6. The minimum atomic E-state index is -1.15. The summed E-state index contributed by atoms with van der Waals surface area (Å²) < 4.78 is 83.3. The van der Waals surface area contributed by atoms with Crippen LogP contribution in [0.4, 0.5) is 13.2 Å². The highest BCUT2D eigenvalue weighted by molar-refractivity contribution is 9.10. The second kappa shape index (κ2) is 26.7. The van der Waals surface area contributed by atoms with E-state index in [1.165, 1.54) is 32.4 Å². The van der Waals surface area contributed by atoms with E-state index in [4.69, 9.17) is 91.2 Å². The van der Waals surface area contributed by atoms with Gasteiger partial charge in [0, 0.05) is 5.56 Å². The van der Waals surface area contributed by atoms with Crippen LogP contribution in [0.25, 0.3) is 5.57 Å². The van der Waals surface area contributed by atoms with E-state index in [-0.39, 0.29) is 55.4 Å². The van der Waals surface area contributed by atoms with Crippen molar-refractivity contribution in [1.82, 2.24) is 0 Å². The van der Waals surface area contributed by atoms with Crippen molar-refractivity contribution in [2.24, 2.45) is 0 Å². The average Bonchev–Trinajstić information content (AvgIpc) is 3.31. The number of methoxy groups -OCH3 is 3. The van der Waals surface area contributed by atoms with Crippen molar-refractivity contribution in [2.45, 2.75) is 13.8 Å². The number of halogens is 9. The second-order valence-corrected chi connectivity index (χ2v) is 15.9. The van der Waals surface area contributed by atoms with Crippen LogP contribution in [0.3, 0.4) is 0 Å². The number of rotatable bonds is 15. The van der Waals surface area contributed by atoms with Gasteiger partial charge in [0.15, 0.2) is 34.5 Å². The summed E-state index contributed by atoms with van der Waals surface area (Å²) in [5.41, 5.74) is -1.00. The van der Waals surface area contributed by atoms with E-state index in [9.17, 15) is 27.6 Å². The van der Waals surface area contributed by atoms with Gasteiger partial charge in [0.1, 0.15) is 44.8 Å². The molecular weight excluding hydrogens is 1070 g/mol. The smallest absolute Gasteiger partial charge is 0.379 e. The molecule has 0 unspecified atom stereocenters. The van der Waals surface area contributed by atoms with E-state index >= 15 is 0 Å². The monoisotopic (exact) mass is 1100 g/mol. The lowest BCUT2D eigenvalue weighted by Crippen LogP contribution is -2.18. The first-order valence-electron chi connectivity index (χ1n) is 19.5. The van der Waals surface area contributed by atoms with Gasteiger partial charge in [-0.25, -0.2) is 22.8 Å². The lowest BCUT2D eigenvalue weighted by atomic mass is 10.1. The molecule has 0 aliphatic carbocycles. The summed E-state index contributed by atoms with van der Waals surface area (Å²) in [5, 5.41) is 0.131. The molecule has 0 aliphatic rings. The molecule has 68 heavy (non-hydrogen) atoms. The Labute approximate surface area is 422 Å². The Morgan fingerprint density at radius 3 is 1.21 bits per heavy atom. The maximum Gasteiger partial charge on any atom is 0.379 e. The molecule has 0 saturated carbocycles. The summed E-state index contributed by atoms with van der Waals surface area (Å²) in [6.07, 6.45) is 0. The van der Waals surface area contributed by atoms with Gasteiger partial charge in [-0.2, -0.15) is 0 Å². The molecule has 6 aromatic carbocycles. The van der Waals surface area contributed by atoms with Crippen molar-refractivity contribution in [3.8, 4) is 51.7 Å². The summed E-state index contributed by atoms with van der Waals surface area (Å²) in [6.45, 7) is 3.22. The van der Waals surface area contributed by atoms with Crippen LogP contribution in [-0.4, -0.2) is 52.3 Å². The number of benzene rings is 6. The van der Waals surface area contributed by atoms with Crippen molar-refractivity contribution in [2.75, 3.05) is 34.5 Å². The van der Waals surface area contributed by atoms with Crippen LogP contribution in [0.15, 0.2) is 118 Å². The minimum absolute atomic E-state index is 0.00432. The Balaban J connectivity index is 0.000000226. The largest absolute Gasteiger partial charge is 0.493 e. The molecule has 0 atom stereocenters. The van der Waals surface area contributed by atoms with Crippen LogP contribution in [0.5, 0.6) is 51.7 Å². The van der Waals surface area contributed by atoms with E-state index < -0.39 is 45.2 Å². The van der Waals surface area contributed by atoms with Crippen LogP contribution >= 0.6 is 73.9 Å². The first-order valence-corrected chi connectivity index (χ1v) is 22.2. The fourth-order valence-corrected chi connectivity index (χ4v) is 6.67. The zero-order valence-electron chi connectivity index (χ0n) is 36.2. The predicted octanol–water partition coefficient (Wildman–Crippen LogP) is 15.1. The van der Waals surface area contributed by atoms with E-state index in [0.29, 0.717) is 40.2 Å². The van der Waals surface area contributed by atoms with Gasteiger partial charge in [-0.15, -0.1) is 0 Å². The van der Waals surface area contributed by atoms with Gasteiger partial charge < -0.3 is 37.9 Å². The molecule has 0 spiro atoms. The van der Waals surface area contributed by atoms with Crippen LogP contribution in [0.1, 0.15) is 29.8 Å². The highest BCUT2D eigenvalue weighted by atomic mass is 79.9. The van der Waals surface area contributed by atoms with Gasteiger partial charge in [-0.3, -0.25) is 4.79 Å². The SMILES string of the molecule is CCOC(=O)C(=C(Cl)Cl)c1cc(Oc2ccccc2OC)c(Cl)cc1F.CCOC(=O)C(=O)c1cc(Oc2ccccc2OC)c(Cl)cc1F.COc1ccccc1Oc1cc(Br)c(F)cc1Cl. The lowest BCUT2D eigenvalue weighted by Gasteiger charge is -2.14. The molecule has 0 aromatic heterocycles. The van der Waals surface area contributed by atoms with Crippen LogP contribution in [0.2, 0.25) is 15.1 Å². The molecule has 0 heterocycles. The van der Waals surface area contributed by atoms with Gasteiger partial charge in [0.25, 0.3) is 5.78 Å². The van der Waals surface area contributed by atoms with Crippen molar-refractivity contribution >= 4 is 97.2 Å². The average molecular weight is 1100 g/mol. The van der Waals surface area contributed by atoms with E-state index in [2.05, 4.69) is 20.7 Å². The zero-order chi connectivity index (χ0) is 50.1. The van der Waals surface area contributed by atoms with Gasteiger partial charge >= 0.3 is 11.9 Å². The van der Waals surface area contributed by atoms with Crippen molar-refractivity contribution in [3.05, 3.63) is 162 Å². The number of ether oxygens (including phenoxy) is 8.